The van der Waals surface area contributed by atoms with Gasteiger partial charge in [-0.05, 0) is 63.4 Å². The van der Waals surface area contributed by atoms with E-state index >= 15 is 0 Å². The van der Waals surface area contributed by atoms with E-state index in [9.17, 15) is 14.7 Å². The fourth-order valence-electron chi connectivity index (χ4n) is 2.78. The Kier molecular flexibility index (Phi) is 7.65. The van der Waals surface area contributed by atoms with Crippen LogP contribution in [0.25, 0.3) is 0 Å². The van der Waals surface area contributed by atoms with Crippen molar-refractivity contribution in [2.45, 2.75) is 59.0 Å². The highest BCUT2D eigenvalue weighted by molar-refractivity contribution is 6.07. The van der Waals surface area contributed by atoms with Gasteiger partial charge in [-0.25, -0.2) is 4.79 Å². The molecule has 0 fully saturated rings. The summed E-state index contributed by atoms with van der Waals surface area (Å²) in [6.45, 7) is 7.39. The maximum Gasteiger partial charge on any atom is 0.412 e. The average Bonchev–Trinajstić information content (AvgIpc) is 2.64. The summed E-state index contributed by atoms with van der Waals surface area (Å²) >= 11 is 0. The Morgan fingerprint density at radius 1 is 1.00 bits per heavy atom. The standard InChI is InChI=1S/C23H30N2O4/c1-5-6-7-9-16-12-14-17(15-13-16)21(27)24-18-10-8-11-19(26)20(18)25-22(28)29-23(2,3)4/h8,10-15,26H,5-7,9H2,1-4H3,(H,24,27)(H,25,28). The van der Waals surface area contributed by atoms with Crippen LogP contribution in [0.5, 0.6) is 5.75 Å². The Morgan fingerprint density at radius 2 is 1.69 bits per heavy atom. The lowest BCUT2D eigenvalue weighted by Gasteiger charge is -2.21. The van der Waals surface area contributed by atoms with Crippen molar-refractivity contribution in [3.63, 3.8) is 0 Å². The first kappa shape index (κ1) is 22.3. The molecule has 0 saturated carbocycles. The molecule has 0 spiro atoms. The highest BCUT2D eigenvalue weighted by Gasteiger charge is 2.19. The normalized spacial score (nSPS) is 11.0. The molecular weight excluding hydrogens is 368 g/mol. The smallest absolute Gasteiger partial charge is 0.412 e. The van der Waals surface area contributed by atoms with Crippen molar-refractivity contribution in [1.82, 2.24) is 0 Å². The maximum absolute atomic E-state index is 12.6. The van der Waals surface area contributed by atoms with Crippen molar-refractivity contribution in [2.75, 3.05) is 10.6 Å². The van der Waals surface area contributed by atoms with Crippen molar-refractivity contribution in [2.24, 2.45) is 0 Å². The van der Waals surface area contributed by atoms with Crippen molar-refractivity contribution in [3.05, 3.63) is 53.6 Å². The van der Waals surface area contributed by atoms with Gasteiger partial charge < -0.3 is 15.2 Å². The molecule has 6 nitrogen and oxygen atoms in total. The van der Waals surface area contributed by atoms with Crippen LogP contribution < -0.4 is 10.6 Å². The number of ether oxygens (including phenoxy) is 1. The molecule has 0 aliphatic heterocycles. The van der Waals surface area contributed by atoms with Gasteiger partial charge in [-0.15, -0.1) is 0 Å². The molecule has 2 aromatic carbocycles. The van der Waals surface area contributed by atoms with Gasteiger partial charge in [0.25, 0.3) is 5.91 Å². The van der Waals surface area contributed by atoms with E-state index < -0.39 is 11.7 Å². The molecule has 3 N–H and O–H groups in total. The third-order valence-corrected chi connectivity index (χ3v) is 4.20. The Labute approximate surface area is 172 Å². The van der Waals surface area contributed by atoms with Gasteiger partial charge in [-0.1, -0.05) is 38.0 Å². The Morgan fingerprint density at radius 3 is 2.31 bits per heavy atom. The van der Waals surface area contributed by atoms with Gasteiger partial charge in [0.2, 0.25) is 0 Å². The summed E-state index contributed by atoms with van der Waals surface area (Å²) in [6.07, 6.45) is 3.76. The molecule has 2 amide bonds. The minimum Gasteiger partial charge on any atom is -0.506 e. The summed E-state index contributed by atoms with van der Waals surface area (Å²) in [4.78, 5) is 24.7. The minimum absolute atomic E-state index is 0.0892. The summed E-state index contributed by atoms with van der Waals surface area (Å²) < 4.78 is 5.22. The van der Waals surface area contributed by atoms with Gasteiger partial charge in [0.1, 0.15) is 17.0 Å². The Balaban J connectivity index is 2.10. The molecule has 2 aromatic rings. The molecule has 29 heavy (non-hydrogen) atoms. The molecule has 0 saturated heterocycles. The molecule has 0 heterocycles. The number of rotatable bonds is 7. The van der Waals surface area contributed by atoms with Gasteiger partial charge in [-0.3, -0.25) is 10.1 Å². The second-order valence-electron chi connectivity index (χ2n) is 7.93. The predicted octanol–water partition coefficient (Wildman–Crippen LogP) is 5.72. The van der Waals surface area contributed by atoms with E-state index in [-0.39, 0.29) is 23.0 Å². The van der Waals surface area contributed by atoms with E-state index in [1.54, 1.807) is 45.0 Å². The second kappa shape index (κ2) is 9.96. The van der Waals surface area contributed by atoms with E-state index in [1.165, 1.54) is 24.5 Å². The van der Waals surface area contributed by atoms with Crippen LogP contribution in [0.1, 0.15) is 62.9 Å². The third kappa shape index (κ3) is 7.14. The van der Waals surface area contributed by atoms with E-state index in [1.807, 2.05) is 12.1 Å². The predicted molar refractivity (Wildman–Crippen MR) is 116 cm³/mol. The summed E-state index contributed by atoms with van der Waals surface area (Å²) in [5.74, 6) is -0.497. The summed E-state index contributed by atoms with van der Waals surface area (Å²) in [6, 6.07) is 12.1. The maximum atomic E-state index is 12.6. The molecule has 2 rings (SSSR count). The molecule has 156 valence electrons. The number of benzene rings is 2. The number of amides is 2. The van der Waals surface area contributed by atoms with Crippen molar-refractivity contribution in [3.8, 4) is 5.75 Å². The van der Waals surface area contributed by atoms with Crippen LogP contribution in [-0.2, 0) is 11.2 Å². The van der Waals surface area contributed by atoms with Crippen LogP contribution in [0.4, 0.5) is 16.2 Å². The lowest BCUT2D eigenvalue weighted by molar-refractivity contribution is 0.0635. The Bertz CT molecular complexity index is 839. The van der Waals surface area contributed by atoms with E-state index in [0.29, 0.717) is 5.56 Å². The molecule has 0 aliphatic carbocycles. The number of hydrogen-bond donors (Lipinski definition) is 3. The molecule has 0 atom stereocenters. The SMILES string of the molecule is CCCCCc1ccc(C(=O)Nc2cccc(O)c2NC(=O)OC(C)(C)C)cc1. The number of phenolic OH excluding ortho intramolecular Hbond substituents is 1. The fourth-order valence-corrected chi connectivity index (χ4v) is 2.78. The molecule has 0 radical (unpaired) electrons. The lowest BCUT2D eigenvalue weighted by Crippen LogP contribution is -2.27. The van der Waals surface area contributed by atoms with E-state index in [4.69, 9.17) is 4.74 Å². The van der Waals surface area contributed by atoms with Gasteiger partial charge in [0.05, 0.1) is 5.69 Å². The molecule has 0 aromatic heterocycles. The number of nitrogens with one attached hydrogen (secondary N) is 2. The van der Waals surface area contributed by atoms with Crippen LogP contribution in [0, 0.1) is 0 Å². The lowest BCUT2D eigenvalue weighted by atomic mass is 10.1. The largest absolute Gasteiger partial charge is 0.506 e. The highest BCUT2D eigenvalue weighted by Crippen LogP contribution is 2.32. The van der Waals surface area contributed by atoms with Gasteiger partial charge in [0.15, 0.2) is 0 Å². The Hall–Kier alpha value is -3.02. The van der Waals surface area contributed by atoms with E-state index in [0.717, 1.165) is 12.8 Å². The van der Waals surface area contributed by atoms with Crippen molar-refractivity contribution in [1.29, 1.82) is 0 Å². The number of para-hydroxylation sites is 1. The minimum atomic E-state index is -0.717. The fraction of sp³-hybridized carbons (Fsp3) is 0.391. The van der Waals surface area contributed by atoms with Crippen LogP contribution in [0.2, 0.25) is 0 Å². The van der Waals surface area contributed by atoms with Crippen LogP contribution >= 0.6 is 0 Å². The van der Waals surface area contributed by atoms with E-state index in [2.05, 4.69) is 17.6 Å². The number of phenols is 1. The first-order valence-corrected chi connectivity index (χ1v) is 9.92. The van der Waals surface area contributed by atoms with Crippen LogP contribution in [0.3, 0.4) is 0 Å². The molecule has 0 aliphatic rings. The summed E-state index contributed by atoms with van der Waals surface area (Å²) in [5.41, 5.74) is 1.38. The zero-order valence-electron chi connectivity index (χ0n) is 17.5. The third-order valence-electron chi connectivity index (χ3n) is 4.20. The van der Waals surface area contributed by atoms with Gasteiger partial charge >= 0.3 is 6.09 Å². The second-order valence-corrected chi connectivity index (χ2v) is 7.93. The monoisotopic (exact) mass is 398 g/mol. The average molecular weight is 399 g/mol. The van der Waals surface area contributed by atoms with Gasteiger partial charge in [0, 0.05) is 5.56 Å². The van der Waals surface area contributed by atoms with Crippen LogP contribution in [0.15, 0.2) is 42.5 Å². The molecule has 0 bridgehead atoms. The molecular formula is C23H30N2O4. The topological polar surface area (TPSA) is 87.7 Å². The number of carbonyl (C=O) groups excluding carboxylic acids is 2. The first-order chi connectivity index (χ1) is 13.7. The first-order valence-electron chi connectivity index (χ1n) is 9.92. The summed E-state index contributed by atoms with van der Waals surface area (Å²) in [7, 11) is 0. The number of anilines is 2. The quantitative estimate of drug-likeness (QED) is 0.411. The number of aryl methyl sites for hydroxylation is 1. The zero-order chi connectivity index (χ0) is 21.4. The molecule has 6 heteroatoms. The number of hydrogen-bond acceptors (Lipinski definition) is 4. The zero-order valence-corrected chi connectivity index (χ0v) is 17.5. The number of carbonyl (C=O) groups is 2. The highest BCUT2D eigenvalue weighted by atomic mass is 16.6. The van der Waals surface area contributed by atoms with Gasteiger partial charge in [-0.2, -0.15) is 0 Å². The van der Waals surface area contributed by atoms with Crippen molar-refractivity contribution >= 4 is 23.4 Å². The van der Waals surface area contributed by atoms with Crippen LogP contribution in [-0.4, -0.2) is 22.7 Å². The van der Waals surface area contributed by atoms with Crippen molar-refractivity contribution < 1.29 is 19.4 Å². The summed E-state index contributed by atoms with van der Waals surface area (Å²) in [5, 5.41) is 15.4. The molecule has 0 unspecified atom stereocenters. The number of unbranched alkanes of at least 4 members (excludes halogenated alkanes) is 2. The number of aromatic hydroxyl groups is 1.